The van der Waals surface area contributed by atoms with Crippen molar-refractivity contribution in [2.24, 2.45) is 0 Å². The number of halogens is 4. The van der Waals surface area contributed by atoms with Gasteiger partial charge in [-0.15, -0.1) is 0 Å². The van der Waals surface area contributed by atoms with Gasteiger partial charge in [0.25, 0.3) is 0 Å². The van der Waals surface area contributed by atoms with Crippen molar-refractivity contribution < 1.29 is 13.2 Å². The standard InChI is InChI=1S/C15H20BrF3N2/c1-20-5-7-21(8-6-20)4-2-3-12-9-13(15(17,18)19)11-14(16)10-12/h9-11H,2-8H2,1H3. The van der Waals surface area contributed by atoms with Crippen molar-refractivity contribution in [2.45, 2.75) is 19.0 Å². The molecule has 21 heavy (non-hydrogen) atoms. The van der Waals surface area contributed by atoms with Crippen LogP contribution >= 0.6 is 15.9 Å². The predicted molar refractivity (Wildman–Crippen MR) is 81.4 cm³/mol. The Kier molecular flexibility index (Phi) is 5.68. The Morgan fingerprint density at radius 2 is 1.76 bits per heavy atom. The van der Waals surface area contributed by atoms with E-state index < -0.39 is 11.7 Å². The third-order valence-corrected chi connectivity index (χ3v) is 4.28. The number of rotatable bonds is 4. The average molecular weight is 365 g/mol. The molecule has 1 heterocycles. The minimum absolute atomic E-state index is 0.493. The van der Waals surface area contributed by atoms with E-state index in [0.29, 0.717) is 10.9 Å². The smallest absolute Gasteiger partial charge is 0.304 e. The molecule has 2 rings (SSSR count). The molecule has 0 aliphatic carbocycles. The largest absolute Gasteiger partial charge is 0.416 e. The maximum Gasteiger partial charge on any atom is 0.416 e. The molecule has 1 saturated heterocycles. The van der Waals surface area contributed by atoms with E-state index in [1.165, 1.54) is 6.07 Å². The molecule has 0 unspecified atom stereocenters. The molecule has 2 nitrogen and oxygen atoms in total. The Hall–Kier alpha value is -0.590. The lowest BCUT2D eigenvalue weighted by molar-refractivity contribution is -0.137. The molecule has 0 spiro atoms. The highest BCUT2D eigenvalue weighted by Crippen LogP contribution is 2.32. The lowest BCUT2D eigenvalue weighted by atomic mass is 10.1. The van der Waals surface area contributed by atoms with Crippen LogP contribution in [0.2, 0.25) is 0 Å². The van der Waals surface area contributed by atoms with Crippen LogP contribution in [0, 0.1) is 0 Å². The molecule has 0 N–H and O–H groups in total. The summed E-state index contributed by atoms with van der Waals surface area (Å²) in [4.78, 5) is 4.67. The number of likely N-dealkylation sites (N-methyl/N-ethyl adjacent to an activating group) is 1. The highest BCUT2D eigenvalue weighted by Gasteiger charge is 2.30. The fraction of sp³-hybridized carbons (Fsp3) is 0.600. The van der Waals surface area contributed by atoms with Gasteiger partial charge >= 0.3 is 6.18 Å². The molecule has 0 aromatic heterocycles. The second-order valence-corrected chi connectivity index (χ2v) is 6.51. The van der Waals surface area contributed by atoms with Gasteiger partial charge in [-0.05, 0) is 50.2 Å². The summed E-state index contributed by atoms with van der Waals surface area (Å²) in [7, 11) is 2.11. The number of hydrogen-bond donors (Lipinski definition) is 0. The maximum atomic E-state index is 12.8. The fourth-order valence-electron chi connectivity index (χ4n) is 2.54. The minimum Gasteiger partial charge on any atom is -0.304 e. The van der Waals surface area contributed by atoms with Crippen molar-refractivity contribution in [3.63, 3.8) is 0 Å². The second-order valence-electron chi connectivity index (χ2n) is 5.59. The first-order valence-corrected chi connectivity index (χ1v) is 7.91. The molecule has 1 aromatic rings. The third kappa shape index (κ3) is 5.27. The number of benzene rings is 1. The number of alkyl halides is 3. The van der Waals surface area contributed by atoms with E-state index >= 15 is 0 Å². The van der Waals surface area contributed by atoms with E-state index in [0.717, 1.165) is 50.8 Å². The summed E-state index contributed by atoms with van der Waals surface area (Å²) in [6, 6.07) is 4.16. The molecule has 0 radical (unpaired) electrons. The number of nitrogens with zero attached hydrogens (tertiary/aromatic N) is 2. The molecule has 1 aromatic carbocycles. The number of hydrogen-bond acceptors (Lipinski definition) is 2. The molecular formula is C15H20BrF3N2. The minimum atomic E-state index is -4.28. The Morgan fingerprint density at radius 1 is 1.10 bits per heavy atom. The molecular weight excluding hydrogens is 345 g/mol. The first kappa shape index (κ1) is 16.8. The summed E-state index contributed by atoms with van der Waals surface area (Å²) in [5.74, 6) is 0. The van der Waals surface area contributed by atoms with Gasteiger partial charge in [0.05, 0.1) is 5.56 Å². The van der Waals surface area contributed by atoms with Crippen molar-refractivity contribution in [2.75, 3.05) is 39.8 Å². The van der Waals surface area contributed by atoms with Crippen molar-refractivity contribution in [3.8, 4) is 0 Å². The van der Waals surface area contributed by atoms with Crippen molar-refractivity contribution in [1.82, 2.24) is 9.80 Å². The highest BCUT2D eigenvalue weighted by molar-refractivity contribution is 9.10. The van der Waals surface area contributed by atoms with Gasteiger partial charge in [0.1, 0.15) is 0 Å². The van der Waals surface area contributed by atoms with Crippen LogP contribution in [-0.4, -0.2) is 49.6 Å². The maximum absolute atomic E-state index is 12.8. The molecule has 0 bridgehead atoms. The monoisotopic (exact) mass is 364 g/mol. The number of piperazine rings is 1. The molecule has 0 saturated carbocycles. The summed E-state index contributed by atoms with van der Waals surface area (Å²) in [6.07, 6.45) is -2.72. The van der Waals surface area contributed by atoms with Crippen LogP contribution in [0.1, 0.15) is 17.5 Å². The van der Waals surface area contributed by atoms with Crippen molar-refractivity contribution in [1.29, 1.82) is 0 Å². The van der Waals surface area contributed by atoms with E-state index in [1.807, 2.05) is 0 Å². The Labute approximate surface area is 132 Å². The van der Waals surface area contributed by atoms with Crippen LogP contribution in [0.4, 0.5) is 13.2 Å². The van der Waals surface area contributed by atoms with Crippen LogP contribution in [0.15, 0.2) is 22.7 Å². The summed E-state index contributed by atoms with van der Waals surface area (Å²) < 4.78 is 38.8. The SMILES string of the molecule is CN1CCN(CCCc2cc(Br)cc(C(F)(F)F)c2)CC1. The van der Waals surface area contributed by atoms with E-state index in [2.05, 4.69) is 32.8 Å². The van der Waals surface area contributed by atoms with Crippen LogP contribution in [-0.2, 0) is 12.6 Å². The van der Waals surface area contributed by atoms with Gasteiger partial charge < -0.3 is 9.80 Å². The molecule has 0 atom stereocenters. The van der Waals surface area contributed by atoms with Gasteiger partial charge in [0.2, 0.25) is 0 Å². The van der Waals surface area contributed by atoms with Gasteiger partial charge in [-0.3, -0.25) is 0 Å². The van der Waals surface area contributed by atoms with Crippen molar-refractivity contribution >= 4 is 15.9 Å². The summed E-state index contributed by atoms with van der Waals surface area (Å²) in [5, 5.41) is 0. The third-order valence-electron chi connectivity index (χ3n) is 3.82. The Morgan fingerprint density at radius 3 is 2.38 bits per heavy atom. The molecule has 1 aliphatic heterocycles. The van der Waals surface area contributed by atoms with Crippen LogP contribution in [0.25, 0.3) is 0 Å². The van der Waals surface area contributed by atoms with Gasteiger partial charge in [0.15, 0.2) is 0 Å². The summed E-state index contributed by atoms with van der Waals surface area (Å²) in [5.41, 5.74) is 0.164. The van der Waals surface area contributed by atoms with Crippen LogP contribution in [0.3, 0.4) is 0 Å². The summed E-state index contributed by atoms with van der Waals surface area (Å²) >= 11 is 3.16. The van der Waals surface area contributed by atoms with E-state index in [4.69, 9.17) is 0 Å². The lowest BCUT2D eigenvalue weighted by Gasteiger charge is -2.32. The first-order valence-electron chi connectivity index (χ1n) is 7.12. The molecule has 1 fully saturated rings. The second kappa shape index (κ2) is 7.11. The lowest BCUT2D eigenvalue weighted by Crippen LogP contribution is -2.44. The number of aryl methyl sites for hydroxylation is 1. The predicted octanol–water partition coefficient (Wildman–Crippen LogP) is 3.65. The van der Waals surface area contributed by atoms with Gasteiger partial charge in [-0.1, -0.05) is 15.9 Å². The Balaban J connectivity index is 1.87. The quantitative estimate of drug-likeness (QED) is 0.804. The highest BCUT2D eigenvalue weighted by atomic mass is 79.9. The van der Waals surface area contributed by atoms with E-state index in [-0.39, 0.29) is 0 Å². The molecule has 6 heteroatoms. The topological polar surface area (TPSA) is 6.48 Å². The van der Waals surface area contributed by atoms with Crippen LogP contribution < -0.4 is 0 Å². The van der Waals surface area contributed by atoms with Gasteiger partial charge in [0, 0.05) is 30.7 Å². The van der Waals surface area contributed by atoms with Gasteiger partial charge in [-0.2, -0.15) is 13.2 Å². The van der Waals surface area contributed by atoms with Gasteiger partial charge in [-0.25, -0.2) is 0 Å². The van der Waals surface area contributed by atoms with E-state index in [1.54, 1.807) is 6.07 Å². The van der Waals surface area contributed by atoms with Crippen LogP contribution in [0.5, 0.6) is 0 Å². The summed E-state index contributed by atoms with van der Waals surface area (Å²) in [6.45, 7) is 5.16. The average Bonchev–Trinajstić information content (AvgIpc) is 2.39. The normalized spacial score (nSPS) is 18.1. The molecule has 0 amide bonds. The zero-order valence-electron chi connectivity index (χ0n) is 12.1. The zero-order valence-corrected chi connectivity index (χ0v) is 13.7. The van der Waals surface area contributed by atoms with Crippen molar-refractivity contribution in [3.05, 3.63) is 33.8 Å². The zero-order chi connectivity index (χ0) is 15.5. The molecule has 1 aliphatic rings. The first-order chi connectivity index (χ1) is 9.84. The Bertz CT molecular complexity index is 468. The fourth-order valence-corrected chi connectivity index (χ4v) is 3.08. The van der Waals surface area contributed by atoms with E-state index in [9.17, 15) is 13.2 Å². The molecule has 118 valence electrons.